The van der Waals surface area contributed by atoms with Crippen LogP contribution in [-0.2, 0) is 10.1 Å². The number of halogens is 3. The maximum Gasteiger partial charge on any atom is 0.298 e. The lowest BCUT2D eigenvalue weighted by Gasteiger charge is -1.92. The maximum atomic E-state index is 12.6. The molecule has 0 radical (unpaired) electrons. The summed E-state index contributed by atoms with van der Waals surface area (Å²) in [6, 6.07) is 0. The molecule has 0 saturated heterocycles. The molecule has 0 saturated carbocycles. The normalized spacial score (nSPS) is 12.0. The van der Waals surface area contributed by atoms with Crippen LogP contribution in [0, 0.1) is 5.13 Å². The molecule has 3 nitrogen and oxygen atoms in total. The smallest absolute Gasteiger partial charge is 0.282 e. The highest BCUT2D eigenvalue weighted by atomic mass is 35.5. The Kier molecular flexibility index (Phi) is 2.65. The molecule has 0 atom stereocenters. The molecule has 0 spiro atoms. The van der Waals surface area contributed by atoms with Crippen molar-refractivity contribution in [2.45, 2.75) is 4.90 Å². The minimum absolute atomic E-state index is 0.350. The molecule has 0 aliphatic heterocycles. The quantitative estimate of drug-likeness (QED) is 0.780. The fourth-order valence-electron chi connectivity index (χ4n) is 0.560. The molecule has 68 valence electrons. The summed E-state index contributed by atoms with van der Waals surface area (Å²) in [5.74, 6) is 0. The van der Waals surface area contributed by atoms with Gasteiger partial charge in [0.05, 0.1) is 0 Å². The van der Waals surface area contributed by atoms with Gasteiger partial charge in [-0.15, -0.1) is 0 Å². The minimum atomic E-state index is -4.54. The summed E-state index contributed by atoms with van der Waals surface area (Å²) in [6.45, 7) is 0. The number of hydrogen-bond donors (Lipinski definition) is 1. The summed E-state index contributed by atoms with van der Waals surface area (Å²) in [4.78, 5) is -0.770. The Balaban J connectivity index is 3.54. The van der Waals surface area contributed by atoms with Gasteiger partial charge in [-0.3, -0.25) is 4.55 Å². The predicted octanol–water partition coefficient (Wildman–Crippen LogP) is 2.44. The molecule has 1 aromatic heterocycles. The van der Waals surface area contributed by atoms with Crippen molar-refractivity contribution in [2.24, 2.45) is 0 Å². The number of hydrogen-bond acceptors (Lipinski definition) is 3. The largest absolute Gasteiger partial charge is 0.298 e. The van der Waals surface area contributed by atoms with Gasteiger partial charge >= 0.3 is 0 Å². The van der Waals surface area contributed by atoms with Crippen molar-refractivity contribution in [3.8, 4) is 0 Å². The van der Waals surface area contributed by atoms with Crippen LogP contribution in [-0.4, -0.2) is 13.0 Å². The standard InChI is InChI=1S/C4HCl2FO3S2/c5-1-2(12(8,9)10)3(6)11-4(1)7/h(H,8,9,10). The van der Waals surface area contributed by atoms with Crippen molar-refractivity contribution in [3.05, 3.63) is 14.5 Å². The van der Waals surface area contributed by atoms with Crippen molar-refractivity contribution in [1.29, 1.82) is 0 Å². The summed E-state index contributed by atoms with van der Waals surface area (Å²) >= 11 is 10.9. The average Bonchev–Trinajstić information content (AvgIpc) is 2.05. The third-order valence-electron chi connectivity index (χ3n) is 0.988. The highest BCUT2D eigenvalue weighted by Gasteiger charge is 2.25. The van der Waals surface area contributed by atoms with Crippen LogP contribution < -0.4 is 0 Å². The van der Waals surface area contributed by atoms with E-state index in [1.807, 2.05) is 0 Å². The Bertz CT molecular complexity index is 410. The van der Waals surface area contributed by atoms with Crippen LogP contribution in [0.4, 0.5) is 4.39 Å². The Morgan fingerprint density at radius 1 is 1.42 bits per heavy atom. The summed E-state index contributed by atoms with van der Waals surface area (Å²) in [6.07, 6.45) is 0. The van der Waals surface area contributed by atoms with Gasteiger partial charge in [-0.1, -0.05) is 34.5 Å². The summed E-state index contributed by atoms with van der Waals surface area (Å²) in [5, 5.41) is -1.61. The Morgan fingerprint density at radius 2 is 1.92 bits per heavy atom. The summed E-state index contributed by atoms with van der Waals surface area (Å²) in [5.41, 5.74) is 0. The summed E-state index contributed by atoms with van der Waals surface area (Å²) < 4.78 is 41.7. The molecule has 1 N–H and O–H groups in total. The molecule has 0 fully saturated rings. The molecule has 0 bridgehead atoms. The average molecular weight is 251 g/mol. The van der Waals surface area contributed by atoms with E-state index in [0.29, 0.717) is 11.3 Å². The van der Waals surface area contributed by atoms with E-state index in [-0.39, 0.29) is 4.34 Å². The van der Waals surface area contributed by atoms with E-state index in [0.717, 1.165) is 0 Å². The zero-order valence-corrected chi connectivity index (χ0v) is 8.36. The molecule has 0 aliphatic rings. The first kappa shape index (κ1) is 10.2. The van der Waals surface area contributed by atoms with Crippen LogP contribution in [0.1, 0.15) is 0 Å². The van der Waals surface area contributed by atoms with Crippen molar-refractivity contribution in [3.63, 3.8) is 0 Å². The fourth-order valence-corrected chi connectivity index (χ4v) is 3.33. The second-order valence-electron chi connectivity index (χ2n) is 1.77. The van der Waals surface area contributed by atoms with Crippen molar-refractivity contribution in [2.75, 3.05) is 0 Å². The summed E-state index contributed by atoms with van der Waals surface area (Å²) in [7, 11) is -4.54. The van der Waals surface area contributed by atoms with Crippen LogP contribution >= 0.6 is 34.5 Å². The lowest BCUT2D eigenvalue weighted by Crippen LogP contribution is -1.97. The monoisotopic (exact) mass is 250 g/mol. The van der Waals surface area contributed by atoms with Gasteiger partial charge in [-0.2, -0.15) is 12.8 Å². The zero-order valence-electron chi connectivity index (χ0n) is 5.21. The van der Waals surface area contributed by atoms with Crippen LogP contribution in [0.3, 0.4) is 0 Å². The molecule has 0 aliphatic carbocycles. The molecule has 1 rings (SSSR count). The first-order valence-electron chi connectivity index (χ1n) is 2.45. The van der Waals surface area contributed by atoms with Crippen LogP contribution in [0.5, 0.6) is 0 Å². The van der Waals surface area contributed by atoms with Gasteiger partial charge in [0.2, 0.25) is 0 Å². The molecule has 12 heavy (non-hydrogen) atoms. The third-order valence-corrected chi connectivity index (χ3v) is 3.92. The molecule has 0 unspecified atom stereocenters. The van der Waals surface area contributed by atoms with Gasteiger partial charge in [-0.25, -0.2) is 0 Å². The first-order chi connectivity index (χ1) is 5.34. The van der Waals surface area contributed by atoms with E-state index in [1.165, 1.54) is 0 Å². The first-order valence-corrected chi connectivity index (χ1v) is 5.46. The zero-order chi connectivity index (χ0) is 9.52. The van der Waals surface area contributed by atoms with E-state index >= 15 is 0 Å². The third kappa shape index (κ3) is 1.72. The fraction of sp³-hybridized carbons (Fsp3) is 0. The van der Waals surface area contributed by atoms with Gasteiger partial charge in [-0.05, 0) is 0 Å². The molecular formula is C4HCl2FO3S2. The molecule has 0 amide bonds. The SMILES string of the molecule is O=S(=O)(O)c1c(Cl)sc(F)c1Cl. The topological polar surface area (TPSA) is 54.4 Å². The molecule has 8 heteroatoms. The number of rotatable bonds is 1. The minimum Gasteiger partial charge on any atom is -0.282 e. The van der Waals surface area contributed by atoms with Crippen LogP contribution in [0.25, 0.3) is 0 Å². The maximum absolute atomic E-state index is 12.6. The van der Waals surface area contributed by atoms with Gasteiger partial charge < -0.3 is 0 Å². The molecule has 0 aromatic carbocycles. The lowest BCUT2D eigenvalue weighted by atomic mass is 10.6. The molecule has 1 heterocycles. The highest BCUT2D eigenvalue weighted by molar-refractivity contribution is 7.86. The van der Waals surface area contributed by atoms with E-state index in [2.05, 4.69) is 0 Å². The Labute approximate surface area is 81.5 Å². The van der Waals surface area contributed by atoms with E-state index in [9.17, 15) is 12.8 Å². The second-order valence-corrected chi connectivity index (χ2v) is 5.08. The highest BCUT2D eigenvalue weighted by Crippen LogP contribution is 2.38. The van der Waals surface area contributed by atoms with Crippen molar-refractivity contribution in [1.82, 2.24) is 0 Å². The second kappa shape index (κ2) is 3.12. The van der Waals surface area contributed by atoms with Crippen molar-refractivity contribution < 1.29 is 17.4 Å². The Morgan fingerprint density at radius 3 is 2.08 bits per heavy atom. The van der Waals surface area contributed by atoms with E-state index in [4.69, 9.17) is 27.8 Å². The van der Waals surface area contributed by atoms with Gasteiger partial charge in [0.1, 0.15) is 14.3 Å². The van der Waals surface area contributed by atoms with E-state index < -0.39 is 25.2 Å². The van der Waals surface area contributed by atoms with Crippen LogP contribution in [0.2, 0.25) is 9.36 Å². The van der Waals surface area contributed by atoms with Gasteiger partial charge in [0, 0.05) is 0 Å². The molecular weight excluding hydrogens is 250 g/mol. The van der Waals surface area contributed by atoms with Crippen molar-refractivity contribution >= 4 is 44.7 Å². The number of thiophene rings is 1. The van der Waals surface area contributed by atoms with Gasteiger partial charge in [0.25, 0.3) is 10.1 Å². The van der Waals surface area contributed by atoms with Gasteiger partial charge in [0.15, 0.2) is 5.13 Å². The Hall–Kier alpha value is 0.120. The lowest BCUT2D eigenvalue weighted by molar-refractivity contribution is 0.483. The van der Waals surface area contributed by atoms with Crippen LogP contribution in [0.15, 0.2) is 4.90 Å². The predicted molar refractivity (Wildman–Crippen MR) is 44.1 cm³/mol. The van der Waals surface area contributed by atoms with E-state index in [1.54, 1.807) is 0 Å². The molecule has 1 aromatic rings.